The average Bonchev–Trinajstić information content (AvgIpc) is 2.65. The highest BCUT2D eigenvalue weighted by Gasteiger charge is 2.31. The molecular formula is C8H16N2O4S. The topological polar surface area (TPSA) is 98.5 Å². The Hall–Kier alpha value is -0.660. The van der Waals surface area contributed by atoms with Crippen molar-refractivity contribution in [2.75, 3.05) is 12.3 Å². The van der Waals surface area contributed by atoms with Crippen LogP contribution in [0.4, 0.5) is 0 Å². The summed E-state index contributed by atoms with van der Waals surface area (Å²) in [4.78, 5) is 11.4. The van der Waals surface area contributed by atoms with Crippen LogP contribution in [0.3, 0.4) is 0 Å². The molecule has 6 nitrogen and oxygen atoms in total. The third-order valence-corrected chi connectivity index (χ3v) is 3.57. The Kier molecular flexibility index (Phi) is 4.06. The Balaban J connectivity index is 2.49. The van der Waals surface area contributed by atoms with Gasteiger partial charge in [0.1, 0.15) is 6.10 Å². The third kappa shape index (κ3) is 3.44. The minimum absolute atomic E-state index is 0.119. The molecule has 1 amide bonds. The Morgan fingerprint density at radius 1 is 1.53 bits per heavy atom. The minimum Gasteiger partial charge on any atom is -0.364 e. The maximum absolute atomic E-state index is 11.4. The van der Waals surface area contributed by atoms with Gasteiger partial charge in [0.15, 0.2) is 0 Å². The van der Waals surface area contributed by atoms with Gasteiger partial charge >= 0.3 is 0 Å². The summed E-state index contributed by atoms with van der Waals surface area (Å²) in [5, 5.41) is 0. The van der Waals surface area contributed by atoms with Crippen molar-refractivity contribution < 1.29 is 17.9 Å². The van der Waals surface area contributed by atoms with Gasteiger partial charge in [-0.3, -0.25) is 9.52 Å². The van der Waals surface area contributed by atoms with Gasteiger partial charge in [-0.1, -0.05) is 0 Å². The number of rotatable bonds is 4. The number of sulfonamides is 1. The number of hydrogen-bond acceptors (Lipinski definition) is 5. The summed E-state index contributed by atoms with van der Waals surface area (Å²) in [7, 11) is -3.49. The summed E-state index contributed by atoms with van der Waals surface area (Å²) < 4.78 is 29.4. The highest BCUT2D eigenvalue weighted by molar-refractivity contribution is 7.90. The summed E-state index contributed by atoms with van der Waals surface area (Å²) in [6, 6.07) is 0. The van der Waals surface area contributed by atoms with Crippen LogP contribution < -0.4 is 10.5 Å². The van der Waals surface area contributed by atoms with E-state index < -0.39 is 22.0 Å². The molecule has 3 N–H and O–H groups in total. The molecule has 0 saturated carbocycles. The molecule has 0 bridgehead atoms. The molecule has 0 aromatic carbocycles. The summed E-state index contributed by atoms with van der Waals surface area (Å²) in [5.41, 5.74) is 5.37. The highest BCUT2D eigenvalue weighted by Crippen LogP contribution is 2.18. The molecule has 0 aromatic heterocycles. The van der Waals surface area contributed by atoms with E-state index in [4.69, 9.17) is 10.5 Å². The maximum atomic E-state index is 11.4. The van der Waals surface area contributed by atoms with E-state index in [0.717, 1.165) is 0 Å². The zero-order valence-electron chi connectivity index (χ0n) is 8.60. The van der Waals surface area contributed by atoms with Crippen molar-refractivity contribution in [1.82, 2.24) is 4.72 Å². The molecule has 1 rings (SSSR count). The van der Waals surface area contributed by atoms with Gasteiger partial charge in [-0.15, -0.1) is 0 Å². The van der Waals surface area contributed by atoms with Crippen molar-refractivity contribution in [2.45, 2.75) is 32.0 Å². The first-order valence-corrected chi connectivity index (χ1v) is 6.53. The molecule has 15 heavy (non-hydrogen) atoms. The van der Waals surface area contributed by atoms with E-state index in [9.17, 15) is 13.2 Å². The molecule has 1 fully saturated rings. The molecular weight excluding hydrogens is 220 g/mol. The SMILES string of the molecule is CCS(=O)(=O)NC(=O)C1CCC(CN)O1. The van der Waals surface area contributed by atoms with Crippen molar-refractivity contribution in [3.05, 3.63) is 0 Å². The van der Waals surface area contributed by atoms with Gasteiger partial charge < -0.3 is 10.5 Å². The van der Waals surface area contributed by atoms with E-state index in [1.807, 2.05) is 4.72 Å². The standard InChI is InChI=1S/C8H16N2O4S/c1-2-15(12,13)10-8(11)7-4-3-6(5-9)14-7/h6-7H,2-5,9H2,1H3,(H,10,11). The molecule has 0 aliphatic carbocycles. The van der Waals surface area contributed by atoms with Crippen LogP contribution in [0.5, 0.6) is 0 Å². The van der Waals surface area contributed by atoms with Crippen molar-refractivity contribution in [3.8, 4) is 0 Å². The summed E-state index contributed by atoms with van der Waals surface area (Å²) in [5.74, 6) is -0.709. The number of carbonyl (C=O) groups excluding carboxylic acids is 1. The quantitative estimate of drug-likeness (QED) is 0.649. The number of nitrogens with two attached hydrogens (primary N) is 1. The fourth-order valence-corrected chi connectivity index (χ4v) is 1.95. The monoisotopic (exact) mass is 236 g/mol. The highest BCUT2D eigenvalue weighted by atomic mass is 32.2. The lowest BCUT2D eigenvalue weighted by Gasteiger charge is -2.12. The number of carbonyl (C=O) groups is 1. The lowest BCUT2D eigenvalue weighted by atomic mass is 10.2. The van der Waals surface area contributed by atoms with E-state index in [0.29, 0.717) is 19.4 Å². The van der Waals surface area contributed by atoms with Crippen LogP contribution in [0.1, 0.15) is 19.8 Å². The number of ether oxygens (including phenoxy) is 1. The third-order valence-electron chi connectivity index (χ3n) is 2.30. The molecule has 1 heterocycles. The van der Waals surface area contributed by atoms with Crippen LogP contribution in [-0.2, 0) is 19.6 Å². The van der Waals surface area contributed by atoms with Gasteiger partial charge in [0.25, 0.3) is 5.91 Å². The number of hydrogen-bond donors (Lipinski definition) is 2. The normalized spacial score (nSPS) is 26.5. The predicted molar refractivity (Wildman–Crippen MR) is 54.6 cm³/mol. The van der Waals surface area contributed by atoms with Crippen LogP contribution in [-0.4, -0.2) is 38.8 Å². The molecule has 7 heteroatoms. The number of nitrogens with one attached hydrogen (secondary N) is 1. The van der Waals surface area contributed by atoms with E-state index in [2.05, 4.69) is 0 Å². The fourth-order valence-electron chi connectivity index (χ4n) is 1.36. The smallest absolute Gasteiger partial charge is 0.262 e. The summed E-state index contributed by atoms with van der Waals surface area (Å²) >= 11 is 0. The second kappa shape index (κ2) is 4.91. The van der Waals surface area contributed by atoms with Gasteiger partial charge in [0.2, 0.25) is 10.0 Å². The maximum Gasteiger partial charge on any atom is 0.262 e. The zero-order chi connectivity index (χ0) is 11.5. The van der Waals surface area contributed by atoms with Gasteiger partial charge in [0, 0.05) is 6.54 Å². The van der Waals surface area contributed by atoms with Gasteiger partial charge in [-0.05, 0) is 19.8 Å². The molecule has 2 atom stereocenters. The van der Waals surface area contributed by atoms with E-state index in [1.54, 1.807) is 0 Å². The first-order valence-electron chi connectivity index (χ1n) is 4.88. The molecule has 88 valence electrons. The molecule has 0 radical (unpaired) electrons. The molecule has 1 aliphatic rings. The molecule has 2 unspecified atom stereocenters. The van der Waals surface area contributed by atoms with Crippen molar-refractivity contribution in [1.29, 1.82) is 0 Å². The van der Waals surface area contributed by atoms with Crippen LogP contribution in [0.25, 0.3) is 0 Å². The summed E-state index contributed by atoms with van der Waals surface area (Å²) in [6.45, 7) is 1.82. The van der Waals surface area contributed by atoms with E-state index in [1.165, 1.54) is 6.92 Å². The lowest BCUT2D eigenvalue weighted by Crippen LogP contribution is -2.39. The first kappa shape index (κ1) is 12.4. The predicted octanol–water partition coefficient (Wildman–Crippen LogP) is -1.04. The minimum atomic E-state index is -3.49. The molecule has 0 spiro atoms. The van der Waals surface area contributed by atoms with Gasteiger partial charge in [0.05, 0.1) is 11.9 Å². The second-order valence-corrected chi connectivity index (χ2v) is 5.44. The fraction of sp³-hybridized carbons (Fsp3) is 0.875. The average molecular weight is 236 g/mol. The van der Waals surface area contributed by atoms with Crippen molar-refractivity contribution >= 4 is 15.9 Å². The second-order valence-electron chi connectivity index (χ2n) is 3.43. The first-order chi connectivity index (χ1) is 6.98. The molecule has 0 aromatic rings. The van der Waals surface area contributed by atoms with Crippen LogP contribution in [0.2, 0.25) is 0 Å². The van der Waals surface area contributed by atoms with Gasteiger partial charge in [-0.25, -0.2) is 8.42 Å². The summed E-state index contributed by atoms with van der Waals surface area (Å²) in [6.07, 6.45) is 0.401. The van der Waals surface area contributed by atoms with Crippen LogP contribution in [0, 0.1) is 0 Å². The van der Waals surface area contributed by atoms with Crippen LogP contribution in [0.15, 0.2) is 0 Å². The van der Waals surface area contributed by atoms with Crippen LogP contribution >= 0.6 is 0 Å². The largest absolute Gasteiger partial charge is 0.364 e. The number of amides is 1. The van der Waals surface area contributed by atoms with Crippen molar-refractivity contribution in [3.63, 3.8) is 0 Å². The Bertz CT molecular complexity index is 328. The Labute approximate surface area is 89.2 Å². The van der Waals surface area contributed by atoms with E-state index >= 15 is 0 Å². The van der Waals surface area contributed by atoms with E-state index in [-0.39, 0.29) is 11.9 Å². The molecule has 1 saturated heterocycles. The lowest BCUT2D eigenvalue weighted by molar-refractivity contribution is -0.129. The Morgan fingerprint density at radius 3 is 2.67 bits per heavy atom. The Morgan fingerprint density at radius 2 is 2.20 bits per heavy atom. The van der Waals surface area contributed by atoms with Crippen molar-refractivity contribution in [2.24, 2.45) is 5.73 Å². The zero-order valence-corrected chi connectivity index (χ0v) is 9.42. The van der Waals surface area contributed by atoms with Gasteiger partial charge in [-0.2, -0.15) is 0 Å². The molecule has 1 aliphatic heterocycles.